The molecule has 0 aliphatic carbocycles. The Hall–Kier alpha value is -4.53. The number of furan rings is 1. The van der Waals surface area contributed by atoms with E-state index in [9.17, 15) is 9.59 Å². The lowest BCUT2D eigenvalue weighted by molar-refractivity contribution is 0.0526. The first-order valence-electron chi connectivity index (χ1n) is 11.0. The number of aromatic nitrogens is 2. The van der Waals surface area contributed by atoms with Crippen LogP contribution in [0.3, 0.4) is 0 Å². The van der Waals surface area contributed by atoms with E-state index in [0.717, 1.165) is 5.56 Å². The number of hydrogen-bond donors (Lipinski definition) is 1. The lowest BCUT2D eigenvalue weighted by Crippen LogP contribution is -2.29. The van der Waals surface area contributed by atoms with Crippen LogP contribution in [-0.4, -0.2) is 42.9 Å². The molecule has 3 heterocycles. The number of benzene rings is 2. The van der Waals surface area contributed by atoms with Crippen LogP contribution in [0.4, 0.5) is 5.69 Å². The first-order chi connectivity index (χ1) is 17.1. The van der Waals surface area contributed by atoms with Crippen molar-refractivity contribution in [3.8, 4) is 23.0 Å². The third-order valence-corrected chi connectivity index (χ3v) is 5.90. The van der Waals surface area contributed by atoms with E-state index in [0.29, 0.717) is 45.5 Å². The summed E-state index contributed by atoms with van der Waals surface area (Å²) in [7, 11) is 3.13. The van der Waals surface area contributed by atoms with E-state index >= 15 is 0 Å². The third-order valence-electron chi connectivity index (χ3n) is 5.90. The first kappa shape index (κ1) is 22.3. The quantitative estimate of drug-likeness (QED) is 0.391. The average Bonchev–Trinajstić information content (AvgIpc) is 3.62. The van der Waals surface area contributed by atoms with Gasteiger partial charge < -0.3 is 18.6 Å². The number of anilines is 1. The Morgan fingerprint density at radius 3 is 2.51 bits per heavy atom. The Kier molecular flexibility index (Phi) is 5.74. The molecular formula is C26H23N3O6. The van der Waals surface area contributed by atoms with Crippen LogP contribution < -0.4 is 14.4 Å². The van der Waals surface area contributed by atoms with Crippen molar-refractivity contribution < 1.29 is 28.2 Å². The lowest BCUT2D eigenvalue weighted by atomic mass is 9.97. The molecule has 4 aromatic rings. The maximum atomic E-state index is 13.6. The second-order valence-corrected chi connectivity index (χ2v) is 7.80. The summed E-state index contributed by atoms with van der Waals surface area (Å²) in [4.78, 5) is 27.4. The summed E-state index contributed by atoms with van der Waals surface area (Å²) in [6.07, 6.45) is 1.57. The summed E-state index contributed by atoms with van der Waals surface area (Å²) in [5.74, 6) is 0.974. The molecule has 35 heavy (non-hydrogen) atoms. The molecule has 2 aromatic heterocycles. The third kappa shape index (κ3) is 3.71. The van der Waals surface area contributed by atoms with Gasteiger partial charge >= 0.3 is 5.97 Å². The van der Waals surface area contributed by atoms with E-state index in [1.807, 2.05) is 12.1 Å². The van der Waals surface area contributed by atoms with E-state index in [1.54, 1.807) is 74.8 Å². The summed E-state index contributed by atoms with van der Waals surface area (Å²) >= 11 is 0. The Balaban J connectivity index is 1.65. The molecular weight excluding hydrogens is 450 g/mol. The highest BCUT2D eigenvalue weighted by Crippen LogP contribution is 2.46. The van der Waals surface area contributed by atoms with Gasteiger partial charge in [0.2, 0.25) is 0 Å². The number of rotatable bonds is 7. The number of nitrogens with zero attached hydrogens (tertiary/aromatic N) is 2. The summed E-state index contributed by atoms with van der Waals surface area (Å²) in [5.41, 5.74) is 3.39. The summed E-state index contributed by atoms with van der Waals surface area (Å²) in [6.45, 7) is 2.03. The SMILES string of the molecule is CCOC(=O)c1ccc(N2C(=O)c3n[nH]c(-c4ccco4)c3[C@H]2c2ccc(OC)c(OC)c2)cc1. The van der Waals surface area contributed by atoms with Crippen molar-refractivity contribution in [1.82, 2.24) is 10.2 Å². The normalized spacial score (nSPS) is 14.7. The van der Waals surface area contributed by atoms with Crippen molar-refractivity contribution in [3.63, 3.8) is 0 Å². The van der Waals surface area contributed by atoms with Crippen LogP contribution >= 0.6 is 0 Å². The molecule has 0 radical (unpaired) electrons. The zero-order valence-electron chi connectivity index (χ0n) is 19.4. The van der Waals surface area contributed by atoms with E-state index in [-0.39, 0.29) is 12.5 Å². The zero-order valence-corrected chi connectivity index (χ0v) is 19.4. The number of methoxy groups -OCH3 is 2. The van der Waals surface area contributed by atoms with Crippen LogP contribution in [-0.2, 0) is 4.74 Å². The van der Waals surface area contributed by atoms with Crippen molar-refractivity contribution >= 4 is 17.6 Å². The molecule has 0 spiro atoms. The predicted molar refractivity (Wildman–Crippen MR) is 127 cm³/mol. The van der Waals surface area contributed by atoms with Crippen LogP contribution in [0.1, 0.15) is 44.9 Å². The number of esters is 1. The highest BCUT2D eigenvalue weighted by atomic mass is 16.5. The number of ether oxygens (including phenoxy) is 3. The molecule has 1 aliphatic heterocycles. The van der Waals surface area contributed by atoms with Gasteiger partial charge in [0.1, 0.15) is 5.69 Å². The minimum absolute atomic E-state index is 0.280. The van der Waals surface area contributed by atoms with Crippen LogP contribution in [0.15, 0.2) is 65.3 Å². The number of carbonyl (C=O) groups is 2. The minimum Gasteiger partial charge on any atom is -0.493 e. The van der Waals surface area contributed by atoms with Gasteiger partial charge in [0, 0.05) is 11.3 Å². The van der Waals surface area contributed by atoms with Gasteiger partial charge in [-0.2, -0.15) is 5.10 Å². The molecule has 1 amide bonds. The Labute approximate surface area is 201 Å². The molecule has 0 saturated carbocycles. The van der Waals surface area contributed by atoms with Crippen molar-refractivity contribution in [1.29, 1.82) is 0 Å². The van der Waals surface area contributed by atoms with Gasteiger partial charge in [-0.15, -0.1) is 0 Å². The highest BCUT2D eigenvalue weighted by Gasteiger charge is 2.44. The van der Waals surface area contributed by atoms with Crippen LogP contribution in [0.2, 0.25) is 0 Å². The maximum Gasteiger partial charge on any atom is 0.338 e. The molecule has 178 valence electrons. The molecule has 0 saturated heterocycles. The number of fused-ring (bicyclic) bond motifs is 1. The average molecular weight is 473 g/mol. The Morgan fingerprint density at radius 2 is 1.86 bits per heavy atom. The number of carbonyl (C=O) groups excluding carboxylic acids is 2. The molecule has 0 unspecified atom stereocenters. The fourth-order valence-electron chi connectivity index (χ4n) is 4.33. The predicted octanol–water partition coefficient (Wildman–Crippen LogP) is 4.61. The second-order valence-electron chi connectivity index (χ2n) is 7.80. The van der Waals surface area contributed by atoms with E-state index in [2.05, 4.69) is 10.2 Å². The standard InChI is InChI=1S/C26H23N3O6/c1-4-34-26(31)15-7-10-17(11-8-15)29-24(16-9-12-18(32-2)20(14-16)33-3)21-22(19-6-5-13-35-19)27-28-23(21)25(29)30/h5-14,24H,4H2,1-3H3,(H,27,28)/t24-/m1/s1. The molecule has 9 nitrogen and oxygen atoms in total. The molecule has 5 rings (SSSR count). The van der Waals surface area contributed by atoms with Crippen LogP contribution in [0, 0.1) is 0 Å². The highest BCUT2D eigenvalue weighted by molar-refractivity contribution is 6.11. The van der Waals surface area contributed by atoms with E-state index in [4.69, 9.17) is 18.6 Å². The van der Waals surface area contributed by atoms with Gasteiger partial charge in [-0.3, -0.25) is 14.8 Å². The molecule has 1 N–H and O–H groups in total. The smallest absolute Gasteiger partial charge is 0.338 e. The number of amides is 1. The molecule has 2 aromatic carbocycles. The van der Waals surface area contributed by atoms with Gasteiger partial charge in [-0.05, 0) is 61.0 Å². The summed E-state index contributed by atoms with van der Waals surface area (Å²) < 4.78 is 21.6. The van der Waals surface area contributed by atoms with Gasteiger partial charge in [-0.1, -0.05) is 6.07 Å². The number of H-pyrrole nitrogens is 1. The topological polar surface area (TPSA) is 107 Å². The number of nitrogens with one attached hydrogen (secondary N) is 1. The van der Waals surface area contributed by atoms with E-state index in [1.165, 1.54) is 0 Å². The zero-order chi connectivity index (χ0) is 24.5. The lowest BCUT2D eigenvalue weighted by Gasteiger charge is -2.27. The summed E-state index contributed by atoms with van der Waals surface area (Å²) in [6, 6.07) is 15.3. The van der Waals surface area contributed by atoms with Crippen molar-refractivity contribution in [3.05, 3.63) is 83.2 Å². The van der Waals surface area contributed by atoms with Crippen molar-refractivity contribution in [2.75, 3.05) is 25.7 Å². The van der Waals surface area contributed by atoms with Crippen molar-refractivity contribution in [2.24, 2.45) is 0 Å². The number of aromatic amines is 1. The largest absolute Gasteiger partial charge is 0.493 e. The monoisotopic (exact) mass is 473 g/mol. The summed E-state index contributed by atoms with van der Waals surface area (Å²) in [5, 5.41) is 7.29. The Morgan fingerprint density at radius 1 is 1.09 bits per heavy atom. The first-order valence-corrected chi connectivity index (χ1v) is 11.0. The van der Waals surface area contributed by atoms with Gasteiger partial charge in [0.15, 0.2) is 23.0 Å². The van der Waals surface area contributed by atoms with E-state index < -0.39 is 12.0 Å². The van der Waals surface area contributed by atoms with Gasteiger partial charge in [0.05, 0.1) is 38.7 Å². The fourth-order valence-corrected chi connectivity index (χ4v) is 4.33. The van der Waals surface area contributed by atoms with Crippen LogP contribution in [0.5, 0.6) is 11.5 Å². The maximum absolute atomic E-state index is 13.6. The second kappa shape index (κ2) is 9.02. The van der Waals surface area contributed by atoms with Gasteiger partial charge in [-0.25, -0.2) is 4.79 Å². The molecule has 9 heteroatoms. The molecule has 0 bridgehead atoms. The fraction of sp³-hybridized carbons (Fsp3) is 0.192. The van der Waals surface area contributed by atoms with Crippen LogP contribution in [0.25, 0.3) is 11.5 Å². The molecule has 1 aliphatic rings. The minimum atomic E-state index is -0.537. The van der Waals surface area contributed by atoms with Gasteiger partial charge in [0.25, 0.3) is 5.91 Å². The Bertz CT molecular complexity index is 1370. The number of hydrogen-bond acceptors (Lipinski definition) is 7. The van der Waals surface area contributed by atoms with Crippen molar-refractivity contribution in [2.45, 2.75) is 13.0 Å². The molecule has 0 fully saturated rings. The molecule has 1 atom stereocenters.